The number of amides is 1. The number of aliphatic hydroxyl groups is 2. The number of hydrogen-bond donors (Lipinski definition) is 3. The zero-order valence-electron chi connectivity index (χ0n) is 21.6. The molecule has 1 heterocycles. The molecule has 3 aromatic rings. The summed E-state index contributed by atoms with van der Waals surface area (Å²) in [6.45, 7) is 0. The van der Waals surface area contributed by atoms with E-state index < -0.39 is 67.9 Å². The van der Waals surface area contributed by atoms with Crippen LogP contribution < -0.4 is 5.32 Å². The van der Waals surface area contributed by atoms with E-state index in [0.29, 0.717) is 19.0 Å². The molecule has 2 aliphatic rings. The van der Waals surface area contributed by atoms with Crippen molar-refractivity contribution < 1.29 is 45.4 Å². The SMILES string of the molecule is O=C(Nc1ccc(F)c(F)c1)c1ccc(Cl)c(S(=O)(=O)[C@@H]2CC3CC[C@@H](C2)[C@@]3(O)C(O)c2ccc(C(F)(F)F)cn2)c1. The first-order valence-electron chi connectivity index (χ1n) is 12.9. The highest BCUT2D eigenvalue weighted by molar-refractivity contribution is 7.92. The molecule has 3 N–H and O–H groups in total. The predicted molar refractivity (Wildman–Crippen MR) is 141 cm³/mol. The van der Waals surface area contributed by atoms with Crippen molar-refractivity contribution in [2.45, 2.75) is 53.7 Å². The molecule has 0 spiro atoms. The molecular formula is C28H24ClF5N2O5S. The van der Waals surface area contributed by atoms with Crippen LogP contribution in [-0.2, 0) is 16.0 Å². The smallest absolute Gasteiger partial charge is 0.386 e. The van der Waals surface area contributed by atoms with Gasteiger partial charge in [-0.3, -0.25) is 9.78 Å². The van der Waals surface area contributed by atoms with Crippen molar-refractivity contribution in [2.24, 2.45) is 11.8 Å². The lowest BCUT2D eigenvalue weighted by molar-refractivity contribution is -0.146. The number of carbonyl (C=O) groups excluding carboxylic acids is 1. The number of nitrogens with one attached hydrogen (secondary N) is 1. The van der Waals surface area contributed by atoms with Crippen LogP contribution in [0.15, 0.2) is 59.6 Å². The largest absolute Gasteiger partial charge is 0.417 e. The van der Waals surface area contributed by atoms with Gasteiger partial charge in [-0.2, -0.15) is 13.2 Å². The van der Waals surface area contributed by atoms with Gasteiger partial charge in [0.2, 0.25) is 0 Å². The van der Waals surface area contributed by atoms with Gasteiger partial charge < -0.3 is 15.5 Å². The summed E-state index contributed by atoms with van der Waals surface area (Å²) < 4.78 is 93.1. The van der Waals surface area contributed by atoms with E-state index in [1.807, 2.05) is 0 Å². The number of anilines is 1. The van der Waals surface area contributed by atoms with E-state index in [2.05, 4.69) is 10.3 Å². The maximum Gasteiger partial charge on any atom is 0.417 e. The van der Waals surface area contributed by atoms with Gasteiger partial charge in [-0.25, -0.2) is 17.2 Å². The highest BCUT2D eigenvalue weighted by Gasteiger charge is 2.59. The normalized spacial score (nSPS) is 24.8. The van der Waals surface area contributed by atoms with Crippen molar-refractivity contribution >= 4 is 33.0 Å². The fourth-order valence-corrected chi connectivity index (χ4v) is 8.43. The summed E-state index contributed by atoms with van der Waals surface area (Å²) in [5.41, 5.74) is -3.15. The van der Waals surface area contributed by atoms with Crippen LogP contribution in [0.4, 0.5) is 27.6 Å². The third-order valence-electron chi connectivity index (χ3n) is 8.21. The van der Waals surface area contributed by atoms with Gasteiger partial charge in [0.15, 0.2) is 21.5 Å². The maximum absolute atomic E-state index is 13.8. The van der Waals surface area contributed by atoms with Crippen LogP contribution in [0.2, 0.25) is 5.02 Å². The number of hydrogen-bond acceptors (Lipinski definition) is 6. The summed E-state index contributed by atoms with van der Waals surface area (Å²) >= 11 is 6.24. The molecule has 2 unspecified atom stereocenters. The number of aliphatic hydroxyl groups excluding tert-OH is 1. The van der Waals surface area contributed by atoms with E-state index in [9.17, 15) is 45.4 Å². The highest BCUT2D eigenvalue weighted by Crippen LogP contribution is 2.56. The van der Waals surface area contributed by atoms with Crippen LogP contribution in [-0.4, -0.2) is 40.4 Å². The van der Waals surface area contributed by atoms with E-state index in [1.54, 1.807) is 0 Å². The van der Waals surface area contributed by atoms with Crippen molar-refractivity contribution in [2.75, 3.05) is 5.32 Å². The number of pyridine rings is 1. The van der Waals surface area contributed by atoms with Crippen LogP contribution in [0, 0.1) is 23.5 Å². The predicted octanol–water partition coefficient (Wildman–Crippen LogP) is 5.71. The molecule has 2 fully saturated rings. The topological polar surface area (TPSA) is 117 Å². The monoisotopic (exact) mass is 630 g/mol. The molecule has 224 valence electrons. The quantitative estimate of drug-likeness (QED) is 0.301. The highest BCUT2D eigenvalue weighted by atomic mass is 35.5. The second kappa shape index (κ2) is 10.9. The molecule has 0 saturated heterocycles. The molecule has 0 aliphatic heterocycles. The second-order valence-electron chi connectivity index (χ2n) is 10.6. The number of carbonyl (C=O) groups is 1. The number of benzene rings is 2. The maximum atomic E-state index is 13.8. The lowest BCUT2D eigenvalue weighted by Gasteiger charge is -2.45. The molecule has 1 aromatic heterocycles. The van der Waals surface area contributed by atoms with Crippen molar-refractivity contribution in [3.63, 3.8) is 0 Å². The van der Waals surface area contributed by atoms with Crippen molar-refractivity contribution in [1.82, 2.24) is 4.98 Å². The van der Waals surface area contributed by atoms with E-state index in [0.717, 1.165) is 36.4 Å². The van der Waals surface area contributed by atoms with Gasteiger partial charge in [0.1, 0.15) is 11.7 Å². The Hall–Kier alpha value is -3.13. The number of nitrogens with zero attached hydrogens (tertiary/aromatic N) is 1. The number of aromatic nitrogens is 1. The summed E-state index contributed by atoms with van der Waals surface area (Å²) in [6.07, 6.45) is -5.12. The van der Waals surface area contributed by atoms with Crippen LogP contribution in [0.3, 0.4) is 0 Å². The van der Waals surface area contributed by atoms with Gasteiger partial charge in [0.05, 0.1) is 26.4 Å². The third-order valence-corrected chi connectivity index (χ3v) is 10.9. The summed E-state index contributed by atoms with van der Waals surface area (Å²) in [6, 6.07) is 8.05. The summed E-state index contributed by atoms with van der Waals surface area (Å²) in [7, 11) is -4.18. The molecular weight excluding hydrogens is 607 g/mol. The van der Waals surface area contributed by atoms with E-state index in [1.165, 1.54) is 12.1 Å². The molecule has 5 rings (SSSR count). The van der Waals surface area contributed by atoms with Crippen LogP contribution in [0.5, 0.6) is 0 Å². The van der Waals surface area contributed by atoms with Crippen molar-refractivity contribution in [3.8, 4) is 0 Å². The van der Waals surface area contributed by atoms with Gasteiger partial charge >= 0.3 is 6.18 Å². The molecule has 0 radical (unpaired) electrons. The summed E-state index contributed by atoms with van der Waals surface area (Å²) in [4.78, 5) is 16.1. The number of sulfone groups is 1. The van der Waals surface area contributed by atoms with Crippen molar-refractivity contribution in [3.05, 3.63) is 88.2 Å². The zero-order chi connectivity index (χ0) is 30.6. The molecule has 7 nitrogen and oxygen atoms in total. The molecule has 42 heavy (non-hydrogen) atoms. The Bertz CT molecular complexity index is 1620. The average molecular weight is 631 g/mol. The average Bonchev–Trinajstić information content (AvgIpc) is 3.10. The standard InChI is InChI=1S/C28H24ClF5N2O5S/c29-20-6-1-14(26(38)36-18-5-7-21(30)22(31)12-18)9-24(20)42(40,41)19-10-15-2-3-16(11-19)27(15,39)25(37)23-8-4-17(13-35-23)28(32,33)34/h1,4-9,12-13,15-16,19,25,37,39H,2-3,10-11H2,(H,36,38)/t15-,16?,19-,25?,27-/m0/s1. The minimum Gasteiger partial charge on any atom is -0.386 e. The minimum absolute atomic E-state index is 0.0532. The zero-order valence-corrected chi connectivity index (χ0v) is 23.1. The molecule has 2 aliphatic carbocycles. The number of halogens is 6. The summed E-state index contributed by atoms with van der Waals surface area (Å²) in [5.74, 6) is -4.51. The first-order chi connectivity index (χ1) is 19.6. The molecule has 5 atom stereocenters. The van der Waals surface area contributed by atoms with E-state index >= 15 is 0 Å². The Morgan fingerprint density at radius 3 is 2.26 bits per heavy atom. The van der Waals surface area contributed by atoms with Gasteiger partial charge in [0, 0.05) is 23.5 Å². The second-order valence-corrected chi connectivity index (χ2v) is 13.2. The van der Waals surface area contributed by atoms with Crippen molar-refractivity contribution in [1.29, 1.82) is 0 Å². The molecule has 2 aromatic carbocycles. The van der Waals surface area contributed by atoms with Gasteiger partial charge in [-0.1, -0.05) is 11.6 Å². The van der Waals surface area contributed by atoms with Crippen LogP contribution in [0.25, 0.3) is 0 Å². The summed E-state index contributed by atoms with van der Waals surface area (Å²) in [5, 5.41) is 23.8. The Morgan fingerprint density at radius 1 is 1.02 bits per heavy atom. The first-order valence-corrected chi connectivity index (χ1v) is 14.8. The number of rotatable bonds is 6. The molecule has 14 heteroatoms. The number of fused-ring (bicyclic) bond motifs is 2. The van der Waals surface area contributed by atoms with Crippen LogP contribution in [0.1, 0.15) is 53.4 Å². The molecule has 1 amide bonds. The van der Waals surface area contributed by atoms with E-state index in [4.69, 9.17) is 11.6 Å². The molecule has 2 saturated carbocycles. The van der Waals surface area contributed by atoms with Gasteiger partial charge in [0.25, 0.3) is 5.91 Å². The Balaban J connectivity index is 1.37. The minimum atomic E-state index is -4.63. The Morgan fingerprint density at radius 2 is 1.69 bits per heavy atom. The van der Waals surface area contributed by atoms with Gasteiger partial charge in [-0.15, -0.1) is 0 Å². The Kier molecular flexibility index (Phi) is 7.84. The fraction of sp³-hybridized carbons (Fsp3) is 0.357. The van der Waals surface area contributed by atoms with Crippen LogP contribution >= 0.6 is 11.6 Å². The third kappa shape index (κ3) is 5.38. The number of alkyl halides is 3. The first kappa shape index (κ1) is 30.3. The Labute approximate surface area is 242 Å². The fourth-order valence-electron chi connectivity index (χ4n) is 6.03. The molecule has 2 bridgehead atoms. The van der Waals surface area contributed by atoms with E-state index in [-0.39, 0.29) is 39.7 Å². The van der Waals surface area contributed by atoms with Gasteiger partial charge in [-0.05, 0) is 80.0 Å². The lowest BCUT2D eigenvalue weighted by Crippen LogP contribution is -2.52. The lowest BCUT2D eigenvalue weighted by atomic mass is 9.70.